The van der Waals surface area contributed by atoms with Crippen LogP contribution in [-0.2, 0) is 0 Å². The standard InChI is InChI=1S/C67H49N3O2/c1-3-11-42-34(9-1)24-52-58(44-13-5-7-15-50(44)71-52)56(42)46-27-47(57-43-12-4-2-10-35(43)25-53-59(57)45-14-6-8-16-51(45)72-53)61-63-49(31-69-65-39-23-41-26-40-22-38(55(63)65)28-67(40,41)29-39)70-48-30-68-64-37-20-32-17-33(21-37)19-36(18-32)54(64)62(48)60(46)66(61)70/h1-16,24-25,27,30-33,36-41H,17-23,26,28-29H2. The highest BCUT2D eigenvalue weighted by Gasteiger charge is 2.66. The van der Waals surface area contributed by atoms with Crippen molar-refractivity contribution in [3.05, 3.63) is 150 Å². The van der Waals surface area contributed by atoms with E-state index in [1.54, 1.807) is 11.1 Å². The maximum Gasteiger partial charge on any atom is 0.136 e. The number of fused-ring (bicyclic) bond motifs is 20. The predicted molar refractivity (Wildman–Crippen MR) is 291 cm³/mol. The minimum absolute atomic E-state index is 0.500. The maximum absolute atomic E-state index is 6.97. The van der Waals surface area contributed by atoms with Gasteiger partial charge in [0.1, 0.15) is 22.3 Å². The fraction of sp³-hybridized carbons (Fsp3) is 0.284. The predicted octanol–water partition coefficient (Wildman–Crippen LogP) is 17.8. The number of pyridine rings is 2. The molecule has 0 radical (unpaired) electrons. The third kappa shape index (κ3) is 4.27. The molecule has 6 aromatic heterocycles. The summed E-state index contributed by atoms with van der Waals surface area (Å²) in [6.45, 7) is 0. The Kier molecular flexibility index (Phi) is 6.51. The van der Waals surface area contributed by atoms with E-state index in [-0.39, 0.29) is 0 Å². The van der Waals surface area contributed by atoms with E-state index >= 15 is 0 Å². The highest BCUT2D eigenvalue weighted by molar-refractivity contribution is 6.36. The number of para-hydroxylation sites is 2. The molecule has 0 amide bonds. The molecular formula is C67H49N3O2. The number of furan rings is 2. The van der Waals surface area contributed by atoms with Crippen LogP contribution in [0.4, 0.5) is 0 Å². The van der Waals surface area contributed by atoms with Gasteiger partial charge in [0, 0.05) is 77.4 Å². The van der Waals surface area contributed by atoms with Gasteiger partial charge >= 0.3 is 0 Å². The summed E-state index contributed by atoms with van der Waals surface area (Å²) in [5, 5.41) is 15.3. The van der Waals surface area contributed by atoms with Crippen LogP contribution in [0.1, 0.15) is 110 Å². The highest BCUT2D eigenvalue weighted by atomic mass is 16.3. The molecule has 13 aromatic rings. The third-order valence-electron chi connectivity index (χ3n) is 21.4. The zero-order valence-corrected chi connectivity index (χ0v) is 40.0. The molecule has 21 rings (SSSR count). The summed E-state index contributed by atoms with van der Waals surface area (Å²) in [5.74, 6) is 5.36. The number of nitrogens with zero attached hydrogens (tertiary/aromatic N) is 3. The Morgan fingerprint density at radius 2 is 0.931 bits per heavy atom. The second-order valence-electron chi connectivity index (χ2n) is 24.4. The van der Waals surface area contributed by atoms with Crippen LogP contribution in [0.5, 0.6) is 0 Å². The van der Waals surface area contributed by atoms with Crippen LogP contribution in [0.25, 0.3) is 126 Å². The average Bonchev–Trinajstić information content (AvgIpc) is 4.22. The van der Waals surface area contributed by atoms with Crippen molar-refractivity contribution in [2.45, 2.75) is 87.9 Å². The molecule has 1 spiro atoms. The normalized spacial score (nSPS) is 27.8. The monoisotopic (exact) mass is 927 g/mol. The number of hydrogen-bond donors (Lipinski definition) is 0. The Morgan fingerprint density at radius 1 is 0.431 bits per heavy atom. The first-order valence-electron chi connectivity index (χ1n) is 27.4. The first kappa shape index (κ1) is 37.5. The van der Waals surface area contributed by atoms with Gasteiger partial charge in [-0.2, -0.15) is 0 Å². The summed E-state index contributed by atoms with van der Waals surface area (Å²) in [7, 11) is 0. The van der Waals surface area contributed by atoms with Gasteiger partial charge in [-0.1, -0.05) is 84.9 Å². The Balaban J connectivity index is 1.07. The van der Waals surface area contributed by atoms with Crippen molar-refractivity contribution in [3.8, 4) is 22.3 Å². The molecule has 72 heavy (non-hydrogen) atoms. The van der Waals surface area contributed by atoms with Crippen molar-refractivity contribution in [1.82, 2.24) is 14.4 Å². The van der Waals surface area contributed by atoms with E-state index < -0.39 is 0 Å². The van der Waals surface area contributed by atoms with Gasteiger partial charge in [-0.15, -0.1) is 0 Å². The van der Waals surface area contributed by atoms with Gasteiger partial charge in [-0.05, 0) is 179 Å². The van der Waals surface area contributed by atoms with E-state index in [9.17, 15) is 0 Å². The molecule has 0 aliphatic heterocycles. The van der Waals surface area contributed by atoms with Crippen LogP contribution in [-0.4, -0.2) is 14.4 Å². The van der Waals surface area contributed by atoms with Crippen LogP contribution in [0.2, 0.25) is 0 Å². The largest absolute Gasteiger partial charge is 0.456 e. The van der Waals surface area contributed by atoms with Crippen LogP contribution in [0.15, 0.2) is 136 Å². The van der Waals surface area contributed by atoms with E-state index in [1.807, 2.05) is 0 Å². The number of aromatic nitrogens is 3. The van der Waals surface area contributed by atoms with Crippen molar-refractivity contribution >= 4 is 104 Å². The lowest BCUT2D eigenvalue weighted by atomic mass is 9.56. The molecule has 7 unspecified atom stereocenters. The van der Waals surface area contributed by atoms with Crippen molar-refractivity contribution in [2.24, 2.45) is 29.1 Å². The minimum atomic E-state index is 0.500. The van der Waals surface area contributed by atoms with Crippen LogP contribution in [0.3, 0.4) is 0 Å². The van der Waals surface area contributed by atoms with E-state index in [4.69, 9.17) is 18.8 Å². The Hall–Kier alpha value is -7.24. The third-order valence-corrected chi connectivity index (χ3v) is 21.4. The quantitative estimate of drug-likeness (QED) is 0.173. The molecule has 7 aromatic carbocycles. The van der Waals surface area contributed by atoms with Gasteiger partial charge in [-0.25, -0.2) is 0 Å². The molecule has 344 valence electrons. The lowest BCUT2D eigenvalue weighted by Crippen LogP contribution is -2.41. The van der Waals surface area contributed by atoms with Gasteiger partial charge in [0.2, 0.25) is 0 Å². The zero-order valence-electron chi connectivity index (χ0n) is 40.0. The van der Waals surface area contributed by atoms with Crippen molar-refractivity contribution in [3.63, 3.8) is 0 Å². The zero-order chi connectivity index (χ0) is 46.0. The molecule has 0 N–H and O–H groups in total. The molecule has 7 bridgehead atoms. The van der Waals surface area contributed by atoms with Gasteiger partial charge < -0.3 is 13.2 Å². The molecule has 0 saturated heterocycles. The molecule has 8 aliphatic rings. The number of rotatable bonds is 2. The molecular weight excluding hydrogens is 879 g/mol. The van der Waals surface area contributed by atoms with Crippen molar-refractivity contribution in [1.29, 1.82) is 0 Å². The number of hydrogen-bond acceptors (Lipinski definition) is 4. The molecule has 5 fully saturated rings. The summed E-state index contributed by atoms with van der Waals surface area (Å²) >= 11 is 0. The maximum atomic E-state index is 6.97. The van der Waals surface area contributed by atoms with Gasteiger partial charge in [0.15, 0.2) is 0 Å². The van der Waals surface area contributed by atoms with Gasteiger partial charge in [0.25, 0.3) is 0 Å². The molecule has 8 aliphatic carbocycles. The van der Waals surface area contributed by atoms with E-state index in [2.05, 4.69) is 132 Å². The first-order chi connectivity index (χ1) is 35.6. The Bertz CT molecular complexity index is 4670. The van der Waals surface area contributed by atoms with Crippen molar-refractivity contribution < 1.29 is 8.83 Å². The number of benzene rings is 7. The molecule has 6 heterocycles. The minimum Gasteiger partial charge on any atom is -0.456 e. The fourth-order valence-corrected chi connectivity index (χ4v) is 19.1. The summed E-state index contributed by atoms with van der Waals surface area (Å²) in [6, 6.07) is 43.0. The van der Waals surface area contributed by atoms with Crippen molar-refractivity contribution in [2.75, 3.05) is 0 Å². The topological polar surface area (TPSA) is 56.5 Å². The fourth-order valence-electron chi connectivity index (χ4n) is 19.1. The first-order valence-corrected chi connectivity index (χ1v) is 27.4. The summed E-state index contributed by atoms with van der Waals surface area (Å²) in [4.78, 5) is 11.5. The van der Waals surface area contributed by atoms with Crippen LogP contribution in [0, 0.1) is 29.1 Å². The SMILES string of the molecule is c1ccc2c(-c3cc(-c4c5ccccc5cc5oc6ccccc6c45)c4c5c6c(ncc5n5c7cnc8c(c7c3c45)C3CC4CC(CC8C4)C3)C3CC4CC5CC6CC45C3)c3c(cc2c1)oc1ccccc13. The summed E-state index contributed by atoms with van der Waals surface area (Å²) < 4.78 is 16.7. The van der Waals surface area contributed by atoms with E-state index in [0.29, 0.717) is 29.1 Å². The van der Waals surface area contributed by atoms with Gasteiger partial charge in [-0.3, -0.25) is 9.97 Å². The van der Waals surface area contributed by atoms with Crippen LogP contribution < -0.4 is 0 Å². The average molecular weight is 928 g/mol. The van der Waals surface area contributed by atoms with Gasteiger partial charge in [0.05, 0.1) is 28.9 Å². The van der Waals surface area contributed by atoms with E-state index in [0.717, 1.165) is 56.8 Å². The summed E-state index contributed by atoms with van der Waals surface area (Å²) in [6.07, 6.45) is 17.9. The lowest BCUT2D eigenvalue weighted by molar-refractivity contribution is 0.00321. The Labute approximate surface area is 414 Å². The smallest absolute Gasteiger partial charge is 0.136 e. The molecule has 5 nitrogen and oxygen atoms in total. The Morgan fingerprint density at radius 3 is 1.54 bits per heavy atom. The summed E-state index contributed by atoms with van der Waals surface area (Å²) in [5.41, 5.74) is 19.2. The molecule has 5 heteroatoms. The van der Waals surface area contributed by atoms with Crippen LogP contribution >= 0.6 is 0 Å². The second-order valence-corrected chi connectivity index (χ2v) is 24.4. The second kappa shape index (κ2) is 12.5. The highest BCUT2D eigenvalue weighted by Crippen LogP contribution is 2.76. The van der Waals surface area contributed by atoms with E-state index in [1.165, 1.54) is 168 Å². The lowest BCUT2D eigenvalue weighted by Gasteiger charge is -2.48. The molecule has 5 saturated carbocycles. The molecule has 7 atom stereocenters.